The lowest BCUT2D eigenvalue weighted by Gasteiger charge is -2.20. The lowest BCUT2D eigenvalue weighted by molar-refractivity contribution is 0.190. The van der Waals surface area contributed by atoms with Crippen LogP contribution in [0.3, 0.4) is 0 Å². The minimum absolute atomic E-state index is 0.213. The van der Waals surface area contributed by atoms with E-state index in [-0.39, 0.29) is 6.61 Å². The second-order valence-corrected chi connectivity index (χ2v) is 4.08. The molecule has 0 amide bonds. The summed E-state index contributed by atoms with van der Waals surface area (Å²) in [7, 11) is 0. The molecule has 0 aliphatic heterocycles. The van der Waals surface area contributed by atoms with Crippen molar-refractivity contribution in [2.45, 2.75) is 26.8 Å². The number of aliphatic hydroxyl groups excluding tert-OH is 1. The van der Waals surface area contributed by atoms with Gasteiger partial charge >= 0.3 is 0 Å². The molecule has 4 nitrogen and oxygen atoms in total. The Labute approximate surface area is 104 Å². The fourth-order valence-corrected chi connectivity index (χ4v) is 1.84. The summed E-state index contributed by atoms with van der Waals surface area (Å²) in [6.45, 7) is 7.92. The summed E-state index contributed by atoms with van der Waals surface area (Å²) < 4.78 is 0. The molecular formula is C13H23N3O. The van der Waals surface area contributed by atoms with Crippen molar-refractivity contribution < 1.29 is 5.11 Å². The van der Waals surface area contributed by atoms with Gasteiger partial charge in [-0.05, 0) is 37.6 Å². The Hall–Kier alpha value is -1.13. The fraction of sp³-hybridized carbons (Fsp3) is 0.615. The maximum Gasteiger partial charge on any atom is 0.126 e. The lowest BCUT2D eigenvalue weighted by atomic mass is 10.2. The largest absolute Gasteiger partial charge is 0.395 e. The highest BCUT2D eigenvalue weighted by molar-refractivity contribution is 5.37. The highest BCUT2D eigenvalue weighted by Gasteiger charge is 2.05. The number of rotatable bonds is 8. The van der Waals surface area contributed by atoms with Crippen molar-refractivity contribution in [3.63, 3.8) is 0 Å². The first-order valence-electron chi connectivity index (χ1n) is 6.32. The maximum absolute atomic E-state index is 9.01. The molecule has 1 aromatic heterocycles. The molecule has 1 aromatic rings. The van der Waals surface area contributed by atoms with Crippen molar-refractivity contribution in [3.8, 4) is 0 Å². The summed E-state index contributed by atoms with van der Waals surface area (Å²) in [5.74, 6) is 0.922. The molecule has 0 aromatic carbocycles. The Morgan fingerprint density at radius 1 is 1.35 bits per heavy atom. The van der Waals surface area contributed by atoms with Gasteiger partial charge in [-0.25, -0.2) is 4.98 Å². The Balaban J connectivity index is 2.60. The summed E-state index contributed by atoms with van der Waals surface area (Å²) >= 11 is 0. The number of anilines is 1. The minimum Gasteiger partial charge on any atom is -0.395 e. The van der Waals surface area contributed by atoms with Gasteiger partial charge in [0.1, 0.15) is 5.82 Å². The summed E-state index contributed by atoms with van der Waals surface area (Å²) in [4.78, 5) is 6.50. The number of nitrogens with zero attached hydrogens (tertiary/aromatic N) is 2. The van der Waals surface area contributed by atoms with Crippen LogP contribution in [0, 0.1) is 0 Å². The van der Waals surface area contributed by atoms with E-state index in [0.29, 0.717) is 0 Å². The van der Waals surface area contributed by atoms with Gasteiger partial charge in [-0.3, -0.25) is 4.90 Å². The van der Waals surface area contributed by atoms with Gasteiger partial charge in [0.25, 0.3) is 0 Å². The topological polar surface area (TPSA) is 48.4 Å². The SMILES string of the molecule is CCCN(CCO)Cc1ccnc(NCC)c1. The number of hydrogen-bond acceptors (Lipinski definition) is 4. The van der Waals surface area contributed by atoms with Crippen LogP contribution in [0.5, 0.6) is 0 Å². The molecule has 96 valence electrons. The van der Waals surface area contributed by atoms with Gasteiger partial charge in [0, 0.05) is 25.8 Å². The zero-order valence-corrected chi connectivity index (χ0v) is 10.8. The third kappa shape index (κ3) is 5.15. The third-order valence-corrected chi connectivity index (χ3v) is 2.54. The van der Waals surface area contributed by atoms with Crippen LogP contribution in [0.2, 0.25) is 0 Å². The third-order valence-electron chi connectivity index (χ3n) is 2.54. The predicted octanol–water partition coefficient (Wildman–Crippen LogP) is 1.72. The van der Waals surface area contributed by atoms with E-state index >= 15 is 0 Å². The smallest absolute Gasteiger partial charge is 0.126 e. The molecule has 0 aliphatic rings. The Kier molecular flexibility index (Phi) is 6.58. The molecule has 0 saturated carbocycles. The van der Waals surface area contributed by atoms with Crippen molar-refractivity contribution in [2.24, 2.45) is 0 Å². The molecule has 0 spiro atoms. The molecule has 0 atom stereocenters. The Bertz CT molecular complexity index is 311. The molecule has 17 heavy (non-hydrogen) atoms. The van der Waals surface area contributed by atoms with Gasteiger partial charge in [-0.1, -0.05) is 6.92 Å². The van der Waals surface area contributed by atoms with E-state index in [2.05, 4.69) is 35.1 Å². The molecule has 0 saturated heterocycles. The molecule has 4 heteroatoms. The van der Waals surface area contributed by atoms with Crippen LogP contribution in [0.1, 0.15) is 25.8 Å². The average Bonchev–Trinajstić information content (AvgIpc) is 2.30. The van der Waals surface area contributed by atoms with E-state index in [9.17, 15) is 0 Å². The molecule has 0 aliphatic carbocycles. The molecule has 0 fully saturated rings. The quantitative estimate of drug-likeness (QED) is 0.723. The number of aliphatic hydroxyl groups is 1. The van der Waals surface area contributed by atoms with Crippen molar-refractivity contribution >= 4 is 5.82 Å². The second-order valence-electron chi connectivity index (χ2n) is 4.08. The van der Waals surface area contributed by atoms with E-state index in [0.717, 1.165) is 38.4 Å². The van der Waals surface area contributed by atoms with Crippen LogP contribution in [0.25, 0.3) is 0 Å². The van der Waals surface area contributed by atoms with E-state index in [1.54, 1.807) is 0 Å². The van der Waals surface area contributed by atoms with Gasteiger partial charge in [0.05, 0.1) is 6.61 Å². The van der Waals surface area contributed by atoms with Gasteiger partial charge < -0.3 is 10.4 Å². The Morgan fingerprint density at radius 2 is 2.18 bits per heavy atom. The van der Waals surface area contributed by atoms with Crippen molar-refractivity contribution in [1.29, 1.82) is 0 Å². The van der Waals surface area contributed by atoms with Crippen LogP contribution in [-0.2, 0) is 6.54 Å². The minimum atomic E-state index is 0.213. The van der Waals surface area contributed by atoms with E-state index in [1.807, 2.05) is 12.3 Å². The number of pyridine rings is 1. The summed E-state index contributed by atoms with van der Waals surface area (Å²) in [5.41, 5.74) is 1.23. The maximum atomic E-state index is 9.01. The van der Waals surface area contributed by atoms with E-state index in [1.165, 1.54) is 5.56 Å². The molecule has 1 heterocycles. The van der Waals surface area contributed by atoms with Crippen molar-refractivity contribution in [1.82, 2.24) is 9.88 Å². The predicted molar refractivity (Wildman–Crippen MR) is 71.1 cm³/mol. The number of nitrogens with one attached hydrogen (secondary N) is 1. The fourth-order valence-electron chi connectivity index (χ4n) is 1.84. The van der Waals surface area contributed by atoms with Crippen LogP contribution >= 0.6 is 0 Å². The van der Waals surface area contributed by atoms with Gasteiger partial charge in [0.15, 0.2) is 0 Å². The lowest BCUT2D eigenvalue weighted by Crippen LogP contribution is -2.27. The van der Waals surface area contributed by atoms with E-state index in [4.69, 9.17) is 5.11 Å². The monoisotopic (exact) mass is 237 g/mol. The molecule has 0 radical (unpaired) electrons. The molecule has 1 rings (SSSR count). The van der Waals surface area contributed by atoms with Crippen molar-refractivity contribution in [2.75, 3.05) is 31.6 Å². The zero-order valence-electron chi connectivity index (χ0n) is 10.8. The van der Waals surface area contributed by atoms with Crippen LogP contribution < -0.4 is 5.32 Å². The number of hydrogen-bond donors (Lipinski definition) is 2. The zero-order chi connectivity index (χ0) is 12.5. The molecular weight excluding hydrogens is 214 g/mol. The van der Waals surface area contributed by atoms with Crippen LogP contribution in [0.15, 0.2) is 18.3 Å². The summed E-state index contributed by atoms with van der Waals surface area (Å²) in [6, 6.07) is 4.10. The molecule has 0 unspecified atom stereocenters. The van der Waals surface area contributed by atoms with Gasteiger partial charge in [-0.15, -0.1) is 0 Å². The van der Waals surface area contributed by atoms with Gasteiger partial charge in [-0.2, -0.15) is 0 Å². The average molecular weight is 237 g/mol. The second kappa shape index (κ2) is 8.03. The first-order chi connectivity index (χ1) is 8.30. The first-order valence-corrected chi connectivity index (χ1v) is 6.32. The highest BCUT2D eigenvalue weighted by atomic mass is 16.3. The van der Waals surface area contributed by atoms with Gasteiger partial charge in [0.2, 0.25) is 0 Å². The normalized spacial score (nSPS) is 10.8. The van der Waals surface area contributed by atoms with Crippen LogP contribution in [0.4, 0.5) is 5.82 Å². The Morgan fingerprint density at radius 3 is 2.82 bits per heavy atom. The highest BCUT2D eigenvalue weighted by Crippen LogP contribution is 2.09. The van der Waals surface area contributed by atoms with E-state index < -0.39 is 0 Å². The van der Waals surface area contributed by atoms with Crippen LogP contribution in [-0.4, -0.2) is 41.2 Å². The molecule has 2 N–H and O–H groups in total. The summed E-state index contributed by atoms with van der Waals surface area (Å²) in [5, 5.41) is 12.2. The number of aromatic nitrogens is 1. The molecule has 0 bridgehead atoms. The standard InChI is InChI=1S/C13H23N3O/c1-3-7-16(8-9-17)11-12-5-6-15-13(10-12)14-4-2/h5-6,10,17H,3-4,7-9,11H2,1-2H3,(H,14,15). The first kappa shape index (κ1) is 13.9. The summed E-state index contributed by atoms with van der Waals surface area (Å²) in [6.07, 6.45) is 2.93. The van der Waals surface area contributed by atoms with Crippen molar-refractivity contribution in [3.05, 3.63) is 23.9 Å².